The molecule has 168 valence electrons. The highest BCUT2D eigenvalue weighted by molar-refractivity contribution is 7.92. The number of piperazine rings is 1. The van der Waals surface area contributed by atoms with Gasteiger partial charge >= 0.3 is 0 Å². The highest BCUT2D eigenvalue weighted by Gasteiger charge is 2.28. The topological polar surface area (TPSA) is 79.4 Å². The lowest BCUT2D eigenvalue weighted by Gasteiger charge is -2.37. The van der Waals surface area contributed by atoms with Crippen LogP contribution in [0.5, 0.6) is 11.5 Å². The number of hydrogen-bond donors (Lipinski definition) is 0. The maximum absolute atomic E-state index is 13.1. The molecule has 1 aliphatic heterocycles. The Morgan fingerprint density at radius 1 is 1.03 bits per heavy atom. The van der Waals surface area contributed by atoms with Crippen molar-refractivity contribution in [2.75, 3.05) is 62.4 Å². The number of carbonyl (C=O) groups excluding carboxylic acids is 1. The van der Waals surface area contributed by atoms with Crippen molar-refractivity contribution in [3.8, 4) is 11.5 Å². The van der Waals surface area contributed by atoms with Crippen LogP contribution < -0.4 is 18.7 Å². The van der Waals surface area contributed by atoms with E-state index in [0.717, 1.165) is 16.2 Å². The Morgan fingerprint density at radius 3 is 2.23 bits per heavy atom. The van der Waals surface area contributed by atoms with Crippen molar-refractivity contribution in [3.05, 3.63) is 48.3 Å². The number of anilines is 2. The van der Waals surface area contributed by atoms with Crippen molar-refractivity contribution in [2.45, 2.75) is 0 Å². The third-order valence-corrected chi connectivity index (χ3v) is 6.28. The van der Waals surface area contributed by atoms with E-state index in [1.807, 2.05) is 0 Å². The number of benzene rings is 2. The van der Waals surface area contributed by atoms with Gasteiger partial charge in [-0.3, -0.25) is 9.10 Å². The number of methoxy groups -OCH3 is 2. The van der Waals surface area contributed by atoms with Crippen LogP contribution in [0.3, 0.4) is 0 Å². The standard InChI is InChI=1S/C21H26FN3O5S/c1-29-18-8-9-20(30-2)19(14-18)25(31(3,27)28)15-21(26)24-12-10-23(11-13-24)17-6-4-16(22)5-7-17/h4-9,14H,10-13,15H2,1-3H3. The molecule has 1 fully saturated rings. The number of halogens is 1. The largest absolute Gasteiger partial charge is 0.497 e. The molecule has 0 radical (unpaired) electrons. The van der Waals surface area contributed by atoms with Gasteiger partial charge in [0.25, 0.3) is 0 Å². The fraction of sp³-hybridized carbons (Fsp3) is 0.381. The SMILES string of the molecule is COc1ccc(OC)c(N(CC(=O)N2CCN(c3ccc(F)cc3)CC2)S(C)(=O)=O)c1. The zero-order chi connectivity index (χ0) is 22.6. The maximum Gasteiger partial charge on any atom is 0.243 e. The van der Waals surface area contributed by atoms with Crippen LogP contribution in [0.2, 0.25) is 0 Å². The summed E-state index contributed by atoms with van der Waals surface area (Å²) >= 11 is 0. The van der Waals surface area contributed by atoms with Crippen LogP contribution in [0.1, 0.15) is 0 Å². The number of ether oxygens (including phenoxy) is 2. The summed E-state index contributed by atoms with van der Waals surface area (Å²) < 4.78 is 49.7. The average molecular weight is 452 g/mol. The van der Waals surface area contributed by atoms with Gasteiger partial charge in [0, 0.05) is 37.9 Å². The smallest absolute Gasteiger partial charge is 0.243 e. The summed E-state index contributed by atoms with van der Waals surface area (Å²) in [5, 5.41) is 0. The monoisotopic (exact) mass is 451 g/mol. The van der Waals surface area contributed by atoms with Crippen molar-refractivity contribution < 1.29 is 27.1 Å². The number of carbonyl (C=O) groups is 1. The van der Waals surface area contributed by atoms with E-state index in [1.165, 1.54) is 32.4 Å². The molecule has 1 heterocycles. The summed E-state index contributed by atoms with van der Waals surface area (Å²) in [4.78, 5) is 16.6. The minimum atomic E-state index is -3.76. The minimum Gasteiger partial charge on any atom is -0.497 e. The van der Waals surface area contributed by atoms with Gasteiger partial charge in [-0.1, -0.05) is 0 Å². The highest BCUT2D eigenvalue weighted by Crippen LogP contribution is 2.33. The van der Waals surface area contributed by atoms with Crippen LogP contribution in [-0.2, 0) is 14.8 Å². The van der Waals surface area contributed by atoms with E-state index >= 15 is 0 Å². The van der Waals surface area contributed by atoms with Gasteiger partial charge in [-0.15, -0.1) is 0 Å². The first kappa shape index (κ1) is 22.7. The first-order valence-corrected chi connectivity index (χ1v) is 11.6. The number of amides is 1. The van der Waals surface area contributed by atoms with Crippen LogP contribution in [0.4, 0.5) is 15.8 Å². The second-order valence-corrected chi connectivity index (χ2v) is 9.06. The minimum absolute atomic E-state index is 0.239. The molecule has 10 heteroatoms. The lowest BCUT2D eigenvalue weighted by Crippen LogP contribution is -2.52. The Hall–Kier alpha value is -3.01. The normalized spacial score (nSPS) is 14.3. The number of hydrogen-bond acceptors (Lipinski definition) is 6. The molecule has 1 amide bonds. The third kappa shape index (κ3) is 5.38. The van der Waals surface area contributed by atoms with Crippen molar-refractivity contribution >= 4 is 27.3 Å². The molecule has 0 unspecified atom stereocenters. The van der Waals surface area contributed by atoms with Gasteiger partial charge in [0.05, 0.1) is 26.2 Å². The molecule has 1 saturated heterocycles. The zero-order valence-corrected chi connectivity index (χ0v) is 18.6. The molecular formula is C21H26FN3O5S. The van der Waals surface area contributed by atoms with Crippen LogP contribution in [0, 0.1) is 5.82 Å². The fourth-order valence-corrected chi connectivity index (χ4v) is 4.31. The summed E-state index contributed by atoms with van der Waals surface area (Å²) in [5.41, 5.74) is 1.12. The quantitative estimate of drug-likeness (QED) is 0.640. The van der Waals surface area contributed by atoms with Crippen LogP contribution in [0.25, 0.3) is 0 Å². The van der Waals surface area contributed by atoms with Crippen LogP contribution in [-0.4, -0.2) is 72.4 Å². The molecule has 31 heavy (non-hydrogen) atoms. The third-order valence-electron chi connectivity index (χ3n) is 5.16. The van der Waals surface area contributed by atoms with E-state index < -0.39 is 10.0 Å². The first-order valence-electron chi connectivity index (χ1n) is 9.71. The molecule has 0 aromatic heterocycles. The molecule has 0 N–H and O–H groups in total. The van der Waals surface area contributed by atoms with Gasteiger partial charge in [-0.05, 0) is 36.4 Å². The molecule has 0 atom stereocenters. The van der Waals surface area contributed by atoms with Crippen molar-refractivity contribution in [1.82, 2.24) is 4.90 Å². The summed E-state index contributed by atoms with van der Waals surface area (Å²) in [5.74, 6) is 0.158. The molecule has 3 rings (SSSR count). The van der Waals surface area contributed by atoms with Crippen molar-refractivity contribution in [2.24, 2.45) is 0 Å². The Balaban J connectivity index is 1.73. The molecule has 0 bridgehead atoms. The molecular weight excluding hydrogens is 425 g/mol. The molecule has 0 saturated carbocycles. The Bertz CT molecular complexity index is 1020. The Kier molecular flexibility index (Phi) is 6.89. The van der Waals surface area contributed by atoms with Crippen LogP contribution >= 0.6 is 0 Å². The molecule has 0 aliphatic carbocycles. The number of rotatable bonds is 7. The van der Waals surface area contributed by atoms with Gasteiger partial charge < -0.3 is 19.3 Å². The van der Waals surface area contributed by atoms with E-state index in [4.69, 9.17) is 9.47 Å². The lowest BCUT2D eigenvalue weighted by atomic mass is 10.2. The van der Waals surface area contributed by atoms with E-state index in [1.54, 1.807) is 29.2 Å². The van der Waals surface area contributed by atoms with Gasteiger partial charge in [0.1, 0.15) is 23.9 Å². The van der Waals surface area contributed by atoms with Gasteiger partial charge in [-0.2, -0.15) is 0 Å². The summed E-state index contributed by atoms with van der Waals surface area (Å²) in [6.45, 7) is 1.66. The zero-order valence-electron chi connectivity index (χ0n) is 17.7. The first-order chi connectivity index (χ1) is 14.7. The molecule has 2 aromatic carbocycles. The summed E-state index contributed by atoms with van der Waals surface area (Å²) in [6, 6.07) is 11.0. The van der Waals surface area contributed by atoms with Gasteiger partial charge in [0.15, 0.2) is 0 Å². The van der Waals surface area contributed by atoms with Crippen molar-refractivity contribution in [1.29, 1.82) is 0 Å². The van der Waals surface area contributed by atoms with E-state index in [2.05, 4.69) is 4.90 Å². The predicted octanol–water partition coefficient (Wildman–Crippen LogP) is 1.96. The van der Waals surface area contributed by atoms with Crippen LogP contribution in [0.15, 0.2) is 42.5 Å². The Labute approximate surface area is 181 Å². The van der Waals surface area contributed by atoms with Gasteiger partial charge in [0.2, 0.25) is 15.9 Å². The molecule has 1 aliphatic rings. The summed E-state index contributed by atoms with van der Waals surface area (Å²) in [7, 11) is -0.856. The maximum atomic E-state index is 13.1. The highest BCUT2D eigenvalue weighted by atomic mass is 32.2. The second-order valence-electron chi connectivity index (χ2n) is 7.15. The number of nitrogens with zero attached hydrogens (tertiary/aromatic N) is 3. The molecule has 8 nitrogen and oxygen atoms in total. The predicted molar refractivity (Wildman–Crippen MR) is 117 cm³/mol. The van der Waals surface area contributed by atoms with E-state index in [0.29, 0.717) is 37.7 Å². The van der Waals surface area contributed by atoms with Gasteiger partial charge in [-0.25, -0.2) is 12.8 Å². The van der Waals surface area contributed by atoms with E-state index in [9.17, 15) is 17.6 Å². The van der Waals surface area contributed by atoms with Crippen molar-refractivity contribution in [3.63, 3.8) is 0 Å². The molecule has 0 spiro atoms. The Morgan fingerprint density at radius 2 is 1.68 bits per heavy atom. The second kappa shape index (κ2) is 9.42. The number of sulfonamides is 1. The van der Waals surface area contributed by atoms with E-state index in [-0.39, 0.29) is 24.0 Å². The lowest BCUT2D eigenvalue weighted by molar-refractivity contribution is -0.129. The average Bonchev–Trinajstić information content (AvgIpc) is 2.76. The fourth-order valence-electron chi connectivity index (χ4n) is 3.46. The summed E-state index contributed by atoms with van der Waals surface area (Å²) in [6.07, 6.45) is 1.05. The molecule has 2 aromatic rings.